The van der Waals surface area contributed by atoms with E-state index in [0.29, 0.717) is 5.92 Å². The predicted octanol–water partition coefficient (Wildman–Crippen LogP) is -0.200. The number of carbonyl (C=O) groups excluding carboxylic acids is 2. The van der Waals surface area contributed by atoms with Gasteiger partial charge in [0.2, 0.25) is 5.91 Å². The van der Waals surface area contributed by atoms with Gasteiger partial charge in [0.15, 0.2) is 0 Å². The Bertz CT molecular complexity index is 265. The third kappa shape index (κ3) is 5.65. The van der Waals surface area contributed by atoms with Gasteiger partial charge >= 0.3 is 6.09 Å². The van der Waals surface area contributed by atoms with E-state index >= 15 is 0 Å². The van der Waals surface area contributed by atoms with E-state index < -0.39 is 6.09 Å². The molecule has 0 aromatic rings. The summed E-state index contributed by atoms with van der Waals surface area (Å²) in [4.78, 5) is 24.2. The van der Waals surface area contributed by atoms with Crippen LogP contribution in [0.25, 0.3) is 0 Å². The quantitative estimate of drug-likeness (QED) is 0.715. The lowest BCUT2D eigenvalue weighted by molar-refractivity contribution is -0.121. The van der Waals surface area contributed by atoms with Gasteiger partial charge in [0, 0.05) is 6.54 Å². The summed E-state index contributed by atoms with van der Waals surface area (Å²) < 4.78 is 4.35. The maximum atomic E-state index is 11.4. The third-order valence-corrected chi connectivity index (χ3v) is 2.87. The molecule has 1 heterocycles. The van der Waals surface area contributed by atoms with Crippen molar-refractivity contribution in [2.24, 2.45) is 5.92 Å². The Hall–Kier alpha value is -1.14. The number of methoxy groups -OCH3 is 1. The fourth-order valence-electron chi connectivity index (χ4n) is 2.02. The summed E-state index contributed by atoms with van der Waals surface area (Å²) in [5.41, 5.74) is 0. The van der Waals surface area contributed by atoms with E-state index in [4.69, 9.17) is 0 Å². The third-order valence-electron chi connectivity index (χ3n) is 2.87. The van der Waals surface area contributed by atoms with Crippen LogP contribution < -0.4 is 10.6 Å². The molecule has 0 saturated carbocycles. The monoisotopic (exact) mass is 243 g/mol. The van der Waals surface area contributed by atoms with Crippen LogP contribution in [-0.2, 0) is 9.53 Å². The smallest absolute Gasteiger partial charge is 0.413 e. The number of hydrogen-bond donors (Lipinski definition) is 2. The fraction of sp³-hybridized carbons (Fsp3) is 0.818. The van der Waals surface area contributed by atoms with Crippen LogP contribution in [0, 0.1) is 5.92 Å². The number of imide groups is 1. The van der Waals surface area contributed by atoms with Crippen LogP contribution in [0.5, 0.6) is 0 Å². The number of alkyl carbamates (subject to hydrolysis) is 1. The van der Waals surface area contributed by atoms with Gasteiger partial charge in [0.1, 0.15) is 0 Å². The summed E-state index contributed by atoms with van der Waals surface area (Å²) in [7, 11) is 3.13. The summed E-state index contributed by atoms with van der Waals surface area (Å²) in [6.45, 7) is 3.20. The van der Waals surface area contributed by atoms with Crippen LogP contribution in [0.15, 0.2) is 0 Å². The van der Waals surface area contributed by atoms with Crippen molar-refractivity contribution in [1.29, 1.82) is 0 Å². The van der Waals surface area contributed by atoms with Gasteiger partial charge in [-0.25, -0.2) is 4.79 Å². The first-order valence-corrected chi connectivity index (χ1v) is 5.89. The molecule has 0 spiro atoms. The number of hydrogen-bond acceptors (Lipinski definition) is 5. The van der Waals surface area contributed by atoms with E-state index in [1.54, 1.807) is 0 Å². The molecule has 6 nitrogen and oxygen atoms in total. The average molecular weight is 243 g/mol. The molecule has 0 bridgehead atoms. The molecule has 2 amide bonds. The Morgan fingerprint density at radius 3 is 2.65 bits per heavy atom. The molecule has 0 aliphatic carbocycles. The molecular formula is C11H21N3O3. The fourth-order valence-corrected chi connectivity index (χ4v) is 2.02. The first kappa shape index (κ1) is 13.9. The highest BCUT2D eigenvalue weighted by Gasteiger charge is 2.17. The highest BCUT2D eigenvalue weighted by Crippen LogP contribution is 2.12. The molecule has 1 rings (SSSR count). The molecule has 1 aliphatic heterocycles. The largest absolute Gasteiger partial charge is 0.453 e. The first-order valence-electron chi connectivity index (χ1n) is 5.89. The summed E-state index contributed by atoms with van der Waals surface area (Å²) in [6.07, 6.45) is 1.58. The number of likely N-dealkylation sites (N-methyl/N-ethyl adjacent to an activating group) is 1. The number of ether oxygens (including phenoxy) is 1. The molecule has 0 radical (unpaired) electrons. The van der Waals surface area contributed by atoms with E-state index in [0.717, 1.165) is 32.5 Å². The van der Waals surface area contributed by atoms with Gasteiger partial charge in [-0.05, 0) is 38.9 Å². The van der Waals surface area contributed by atoms with Crippen molar-refractivity contribution in [3.63, 3.8) is 0 Å². The molecule has 0 aromatic carbocycles. The molecule has 6 heteroatoms. The normalized spacial score (nSPS) is 16.9. The average Bonchev–Trinajstić information content (AvgIpc) is 2.29. The van der Waals surface area contributed by atoms with Crippen molar-refractivity contribution in [3.8, 4) is 0 Å². The van der Waals surface area contributed by atoms with Crippen LogP contribution in [0.2, 0.25) is 0 Å². The zero-order valence-electron chi connectivity index (χ0n) is 10.5. The van der Waals surface area contributed by atoms with Gasteiger partial charge in [-0.15, -0.1) is 0 Å². The lowest BCUT2D eigenvalue weighted by Crippen LogP contribution is -2.41. The van der Waals surface area contributed by atoms with Crippen LogP contribution in [0.1, 0.15) is 12.8 Å². The molecule has 1 aliphatic rings. The molecular weight excluding hydrogens is 222 g/mol. The summed E-state index contributed by atoms with van der Waals surface area (Å²) in [6, 6.07) is 0. The Kier molecular flexibility index (Phi) is 5.93. The van der Waals surface area contributed by atoms with Crippen molar-refractivity contribution >= 4 is 12.0 Å². The molecule has 17 heavy (non-hydrogen) atoms. The first-order chi connectivity index (χ1) is 8.11. The minimum absolute atomic E-state index is 0.221. The Morgan fingerprint density at radius 1 is 1.41 bits per heavy atom. The van der Waals surface area contributed by atoms with Crippen LogP contribution in [0.3, 0.4) is 0 Å². The number of piperidine rings is 1. The van der Waals surface area contributed by atoms with Crippen molar-refractivity contribution in [2.75, 3.05) is 40.3 Å². The standard InChI is InChI=1S/C11H21N3O3/c1-14(7-9-3-5-12-6-4-9)8-10(15)13-11(16)17-2/h9,12H,3-8H2,1-2H3,(H,13,15,16). The van der Waals surface area contributed by atoms with E-state index in [-0.39, 0.29) is 12.5 Å². The van der Waals surface area contributed by atoms with Crippen LogP contribution >= 0.6 is 0 Å². The van der Waals surface area contributed by atoms with Crippen molar-refractivity contribution in [3.05, 3.63) is 0 Å². The molecule has 0 aromatic heterocycles. The minimum Gasteiger partial charge on any atom is -0.453 e. The van der Waals surface area contributed by atoms with E-state index in [1.165, 1.54) is 7.11 Å². The van der Waals surface area contributed by atoms with Crippen LogP contribution in [-0.4, -0.2) is 57.2 Å². The van der Waals surface area contributed by atoms with Crippen molar-refractivity contribution < 1.29 is 14.3 Å². The lowest BCUT2D eigenvalue weighted by atomic mass is 9.98. The Morgan fingerprint density at radius 2 is 2.06 bits per heavy atom. The van der Waals surface area contributed by atoms with Crippen LogP contribution in [0.4, 0.5) is 4.79 Å². The minimum atomic E-state index is -0.703. The number of rotatable bonds is 4. The SMILES string of the molecule is COC(=O)NC(=O)CN(C)CC1CCNCC1. The highest BCUT2D eigenvalue weighted by atomic mass is 16.5. The second-order valence-electron chi connectivity index (χ2n) is 4.43. The van der Waals surface area contributed by atoms with Gasteiger partial charge in [-0.3, -0.25) is 15.0 Å². The van der Waals surface area contributed by atoms with Crippen molar-refractivity contribution in [2.45, 2.75) is 12.8 Å². The number of amides is 2. The van der Waals surface area contributed by atoms with E-state index in [9.17, 15) is 9.59 Å². The maximum Gasteiger partial charge on any atom is 0.413 e. The number of nitrogens with one attached hydrogen (secondary N) is 2. The van der Waals surface area contributed by atoms with Gasteiger partial charge in [-0.2, -0.15) is 0 Å². The number of nitrogens with zero attached hydrogens (tertiary/aromatic N) is 1. The molecule has 1 fully saturated rings. The van der Waals surface area contributed by atoms with E-state index in [2.05, 4.69) is 15.4 Å². The van der Waals surface area contributed by atoms with E-state index in [1.807, 2.05) is 11.9 Å². The molecule has 0 atom stereocenters. The second-order valence-corrected chi connectivity index (χ2v) is 4.43. The van der Waals surface area contributed by atoms with Gasteiger partial charge in [0.25, 0.3) is 0 Å². The zero-order valence-corrected chi connectivity index (χ0v) is 10.5. The highest BCUT2D eigenvalue weighted by molar-refractivity contribution is 5.92. The lowest BCUT2D eigenvalue weighted by Gasteiger charge is -2.27. The van der Waals surface area contributed by atoms with Gasteiger partial charge in [0.05, 0.1) is 13.7 Å². The van der Waals surface area contributed by atoms with Gasteiger partial charge in [-0.1, -0.05) is 0 Å². The topological polar surface area (TPSA) is 70.7 Å². The summed E-state index contributed by atoms with van der Waals surface area (Å²) in [5.74, 6) is 0.306. The maximum absolute atomic E-state index is 11.4. The second kappa shape index (κ2) is 7.24. The Balaban J connectivity index is 2.21. The van der Waals surface area contributed by atoms with Gasteiger partial charge < -0.3 is 10.1 Å². The molecule has 2 N–H and O–H groups in total. The predicted molar refractivity (Wildman–Crippen MR) is 63.6 cm³/mol. The summed E-state index contributed by atoms with van der Waals surface area (Å²) in [5, 5.41) is 5.45. The van der Waals surface area contributed by atoms with Crippen molar-refractivity contribution in [1.82, 2.24) is 15.5 Å². The number of carbonyl (C=O) groups is 2. The molecule has 98 valence electrons. The molecule has 0 unspecified atom stereocenters. The summed E-state index contributed by atoms with van der Waals surface area (Å²) >= 11 is 0. The zero-order chi connectivity index (χ0) is 12.7. The molecule has 1 saturated heterocycles. The Labute approximate surface area is 102 Å².